The van der Waals surface area contributed by atoms with E-state index in [0.29, 0.717) is 12.1 Å². The molecule has 14 heavy (non-hydrogen) atoms. The Labute approximate surface area is 82.3 Å². The summed E-state index contributed by atoms with van der Waals surface area (Å²) < 4.78 is 19.0. The monoisotopic (exact) mass is 193 g/mol. The van der Waals surface area contributed by atoms with Crippen molar-refractivity contribution in [2.75, 3.05) is 18.1 Å². The number of hydrogen-bond donors (Lipinski definition) is 0. The molecule has 0 aromatic heterocycles. The minimum atomic E-state index is -0.125. The Morgan fingerprint density at radius 2 is 2.21 bits per heavy atom. The lowest BCUT2D eigenvalue weighted by Gasteiger charge is -2.29. The molecule has 2 aliphatic heterocycles. The van der Waals surface area contributed by atoms with Gasteiger partial charge in [0.05, 0.1) is 24.4 Å². The molecule has 2 atom stereocenters. The molecule has 0 aliphatic carbocycles. The van der Waals surface area contributed by atoms with Gasteiger partial charge in [-0.15, -0.1) is 0 Å². The molecule has 74 valence electrons. The Morgan fingerprint density at radius 1 is 1.36 bits per heavy atom. The van der Waals surface area contributed by atoms with E-state index in [1.165, 1.54) is 6.07 Å². The summed E-state index contributed by atoms with van der Waals surface area (Å²) in [7, 11) is 0. The predicted octanol–water partition coefficient (Wildman–Crippen LogP) is 1.80. The van der Waals surface area contributed by atoms with Gasteiger partial charge < -0.3 is 9.64 Å². The minimum Gasteiger partial charge on any atom is -0.374 e. The van der Waals surface area contributed by atoms with E-state index in [1.807, 2.05) is 12.1 Å². The van der Waals surface area contributed by atoms with E-state index >= 15 is 0 Å². The van der Waals surface area contributed by atoms with Crippen LogP contribution in [0.15, 0.2) is 24.3 Å². The summed E-state index contributed by atoms with van der Waals surface area (Å²) in [5.74, 6) is -0.125. The van der Waals surface area contributed by atoms with Gasteiger partial charge in [-0.3, -0.25) is 0 Å². The standard InChI is InChI=1S/C11H12FNO/c12-10-3-1-2-4-11(10)13-6-9-5-8(13)7-14-9/h1-4,8-9H,5-7H2/t8-,9-/m1/s1. The van der Waals surface area contributed by atoms with Gasteiger partial charge in [0, 0.05) is 6.54 Å². The first kappa shape index (κ1) is 8.24. The smallest absolute Gasteiger partial charge is 0.146 e. The van der Waals surface area contributed by atoms with Crippen LogP contribution >= 0.6 is 0 Å². The number of halogens is 1. The van der Waals surface area contributed by atoms with Crippen molar-refractivity contribution in [1.82, 2.24) is 0 Å². The highest BCUT2D eigenvalue weighted by molar-refractivity contribution is 5.50. The van der Waals surface area contributed by atoms with Crippen LogP contribution < -0.4 is 4.90 Å². The van der Waals surface area contributed by atoms with Crippen molar-refractivity contribution in [1.29, 1.82) is 0 Å². The maximum Gasteiger partial charge on any atom is 0.146 e. The zero-order valence-electron chi connectivity index (χ0n) is 7.82. The summed E-state index contributed by atoms with van der Waals surface area (Å²) in [6.07, 6.45) is 1.37. The number of ether oxygens (including phenoxy) is 1. The summed E-state index contributed by atoms with van der Waals surface area (Å²) in [6, 6.07) is 7.35. The second-order valence-electron chi connectivity index (χ2n) is 3.95. The molecule has 2 aliphatic rings. The summed E-state index contributed by atoms with van der Waals surface area (Å²) in [5.41, 5.74) is 0.725. The Balaban J connectivity index is 1.93. The number of rotatable bonds is 1. The highest BCUT2D eigenvalue weighted by Crippen LogP contribution is 2.33. The molecule has 1 aromatic rings. The molecule has 2 heterocycles. The number of anilines is 1. The summed E-state index contributed by atoms with van der Waals surface area (Å²) in [5, 5.41) is 0. The second kappa shape index (κ2) is 2.95. The average molecular weight is 193 g/mol. The maximum atomic E-state index is 13.5. The Bertz CT molecular complexity index is 355. The number of morpholine rings is 1. The van der Waals surface area contributed by atoms with E-state index < -0.39 is 0 Å². The van der Waals surface area contributed by atoms with Crippen LogP contribution in [-0.4, -0.2) is 25.3 Å². The largest absolute Gasteiger partial charge is 0.374 e. The second-order valence-corrected chi connectivity index (χ2v) is 3.95. The third-order valence-electron chi connectivity index (χ3n) is 3.06. The molecule has 0 saturated carbocycles. The number of hydrogen-bond acceptors (Lipinski definition) is 2. The molecule has 2 nitrogen and oxygen atoms in total. The van der Waals surface area contributed by atoms with Crippen molar-refractivity contribution in [3.63, 3.8) is 0 Å². The Kier molecular flexibility index (Phi) is 1.74. The molecule has 0 unspecified atom stereocenters. The third kappa shape index (κ3) is 1.12. The first-order valence-electron chi connectivity index (χ1n) is 4.97. The number of para-hydroxylation sites is 1. The van der Waals surface area contributed by atoms with Crippen LogP contribution in [0.5, 0.6) is 0 Å². The maximum absolute atomic E-state index is 13.5. The van der Waals surface area contributed by atoms with E-state index in [1.54, 1.807) is 6.07 Å². The fourth-order valence-electron chi connectivity index (χ4n) is 2.38. The molecule has 3 heteroatoms. The van der Waals surface area contributed by atoms with Crippen LogP contribution in [0.1, 0.15) is 6.42 Å². The van der Waals surface area contributed by atoms with Crippen molar-refractivity contribution in [3.8, 4) is 0 Å². The van der Waals surface area contributed by atoms with E-state index in [4.69, 9.17) is 4.74 Å². The van der Waals surface area contributed by atoms with E-state index in [2.05, 4.69) is 4.90 Å². The molecule has 0 N–H and O–H groups in total. The highest BCUT2D eigenvalue weighted by atomic mass is 19.1. The van der Waals surface area contributed by atoms with E-state index in [9.17, 15) is 4.39 Å². The molecule has 2 fully saturated rings. The predicted molar refractivity (Wildman–Crippen MR) is 51.9 cm³/mol. The first-order valence-corrected chi connectivity index (χ1v) is 4.97. The number of nitrogens with zero attached hydrogens (tertiary/aromatic N) is 1. The van der Waals surface area contributed by atoms with Crippen LogP contribution in [0.3, 0.4) is 0 Å². The van der Waals surface area contributed by atoms with Gasteiger partial charge in [-0.2, -0.15) is 0 Å². The van der Waals surface area contributed by atoms with Crippen LogP contribution in [0.2, 0.25) is 0 Å². The zero-order valence-corrected chi connectivity index (χ0v) is 7.82. The molecule has 0 amide bonds. The molecule has 1 aromatic carbocycles. The van der Waals surface area contributed by atoms with Gasteiger partial charge in [0.2, 0.25) is 0 Å². The van der Waals surface area contributed by atoms with Crippen molar-refractivity contribution < 1.29 is 9.13 Å². The zero-order chi connectivity index (χ0) is 9.54. The molecular weight excluding hydrogens is 181 g/mol. The Hall–Kier alpha value is -1.09. The molecule has 3 rings (SSSR count). The fraction of sp³-hybridized carbons (Fsp3) is 0.455. The lowest BCUT2D eigenvalue weighted by molar-refractivity contribution is 0.0989. The van der Waals surface area contributed by atoms with Gasteiger partial charge in [-0.05, 0) is 18.6 Å². The van der Waals surface area contributed by atoms with Gasteiger partial charge in [-0.25, -0.2) is 4.39 Å². The number of benzene rings is 1. The quantitative estimate of drug-likeness (QED) is 0.674. The van der Waals surface area contributed by atoms with Crippen LogP contribution in [0, 0.1) is 5.82 Å². The van der Waals surface area contributed by atoms with Crippen molar-refractivity contribution >= 4 is 5.69 Å². The molecule has 0 radical (unpaired) electrons. The molecule has 2 bridgehead atoms. The van der Waals surface area contributed by atoms with E-state index in [-0.39, 0.29) is 5.82 Å². The van der Waals surface area contributed by atoms with Crippen molar-refractivity contribution in [3.05, 3.63) is 30.1 Å². The van der Waals surface area contributed by atoms with Crippen LogP contribution in [-0.2, 0) is 4.74 Å². The summed E-state index contributed by atoms with van der Waals surface area (Å²) >= 11 is 0. The Morgan fingerprint density at radius 3 is 2.86 bits per heavy atom. The summed E-state index contributed by atoms with van der Waals surface area (Å²) in [6.45, 7) is 1.59. The molecule has 2 saturated heterocycles. The fourth-order valence-corrected chi connectivity index (χ4v) is 2.38. The number of fused-ring (bicyclic) bond motifs is 2. The van der Waals surface area contributed by atoms with Gasteiger partial charge in [0.25, 0.3) is 0 Å². The van der Waals surface area contributed by atoms with Gasteiger partial charge in [0.1, 0.15) is 5.82 Å². The van der Waals surface area contributed by atoms with Crippen LogP contribution in [0.25, 0.3) is 0 Å². The topological polar surface area (TPSA) is 12.5 Å². The van der Waals surface area contributed by atoms with Gasteiger partial charge in [0.15, 0.2) is 0 Å². The first-order chi connectivity index (χ1) is 6.84. The van der Waals surface area contributed by atoms with Crippen LogP contribution in [0.4, 0.5) is 10.1 Å². The van der Waals surface area contributed by atoms with Gasteiger partial charge >= 0.3 is 0 Å². The lowest BCUT2D eigenvalue weighted by atomic mass is 10.2. The minimum absolute atomic E-state index is 0.125. The van der Waals surface area contributed by atoms with Crippen molar-refractivity contribution in [2.45, 2.75) is 18.6 Å². The lowest BCUT2D eigenvalue weighted by Crippen LogP contribution is -2.37. The summed E-state index contributed by atoms with van der Waals surface area (Å²) in [4.78, 5) is 2.13. The SMILES string of the molecule is Fc1ccccc1N1C[C@H]2C[C@@H]1CO2. The molecular formula is C11H12FNO. The average Bonchev–Trinajstić information content (AvgIpc) is 2.79. The third-order valence-corrected chi connectivity index (χ3v) is 3.06. The highest BCUT2D eigenvalue weighted by Gasteiger charge is 2.39. The van der Waals surface area contributed by atoms with E-state index in [0.717, 1.165) is 25.3 Å². The van der Waals surface area contributed by atoms with Crippen molar-refractivity contribution in [2.24, 2.45) is 0 Å². The molecule has 0 spiro atoms. The van der Waals surface area contributed by atoms with Gasteiger partial charge in [-0.1, -0.05) is 12.1 Å². The normalized spacial score (nSPS) is 29.9.